The second-order valence-electron chi connectivity index (χ2n) is 7.02. The summed E-state index contributed by atoms with van der Waals surface area (Å²) < 4.78 is 0. The quantitative estimate of drug-likeness (QED) is 0.600. The second kappa shape index (κ2) is 11.6. The Morgan fingerprint density at radius 1 is 1.00 bits per heavy atom. The number of benzene rings is 2. The van der Waals surface area contributed by atoms with Gasteiger partial charge < -0.3 is 10.6 Å². The highest BCUT2D eigenvalue weighted by molar-refractivity contribution is 8.01. The maximum Gasteiger partial charge on any atom is 0.237 e. The van der Waals surface area contributed by atoms with Crippen LogP contribution in [0.25, 0.3) is 0 Å². The fourth-order valence-corrected chi connectivity index (χ4v) is 3.49. The third-order valence-corrected chi connectivity index (χ3v) is 5.81. The highest BCUT2D eigenvalue weighted by Crippen LogP contribution is 2.17. The standard InChI is InChI=1S/C23H31N3O2S/c1-5-26(6-2)15-19-8-7-9-21(14-19)25-23(28)18(4)29-16-22(27)24-20-12-10-17(3)11-13-20/h7-14,18H,5-6,15-16H2,1-4H3,(H,24,27)(H,25,28). The van der Waals surface area contributed by atoms with Crippen LogP contribution >= 0.6 is 11.8 Å². The molecule has 0 heterocycles. The summed E-state index contributed by atoms with van der Waals surface area (Å²) in [6.07, 6.45) is 0. The lowest BCUT2D eigenvalue weighted by atomic mass is 10.2. The van der Waals surface area contributed by atoms with Crippen molar-refractivity contribution in [3.05, 3.63) is 59.7 Å². The minimum atomic E-state index is -0.329. The fraction of sp³-hybridized carbons (Fsp3) is 0.391. The molecule has 5 nitrogen and oxygen atoms in total. The molecule has 0 saturated carbocycles. The van der Waals surface area contributed by atoms with E-state index in [-0.39, 0.29) is 22.8 Å². The van der Waals surface area contributed by atoms with Crippen LogP contribution in [0.3, 0.4) is 0 Å². The topological polar surface area (TPSA) is 61.4 Å². The van der Waals surface area contributed by atoms with Crippen LogP contribution in [-0.4, -0.2) is 40.8 Å². The van der Waals surface area contributed by atoms with Gasteiger partial charge in [-0.2, -0.15) is 0 Å². The van der Waals surface area contributed by atoms with E-state index in [1.807, 2.05) is 56.3 Å². The number of nitrogens with one attached hydrogen (secondary N) is 2. The molecule has 2 aromatic rings. The van der Waals surface area contributed by atoms with Gasteiger partial charge in [-0.05, 0) is 56.8 Å². The van der Waals surface area contributed by atoms with Crippen molar-refractivity contribution in [2.24, 2.45) is 0 Å². The summed E-state index contributed by atoms with van der Waals surface area (Å²) in [4.78, 5) is 26.9. The van der Waals surface area contributed by atoms with Crippen molar-refractivity contribution in [2.45, 2.75) is 39.5 Å². The first-order chi connectivity index (χ1) is 13.9. The van der Waals surface area contributed by atoms with E-state index in [1.165, 1.54) is 17.3 Å². The zero-order chi connectivity index (χ0) is 21.2. The third-order valence-electron chi connectivity index (χ3n) is 4.66. The van der Waals surface area contributed by atoms with Crippen LogP contribution in [0.4, 0.5) is 11.4 Å². The van der Waals surface area contributed by atoms with Gasteiger partial charge in [0.15, 0.2) is 0 Å². The lowest BCUT2D eigenvalue weighted by molar-refractivity contribution is -0.115. The van der Waals surface area contributed by atoms with Gasteiger partial charge in [-0.15, -0.1) is 11.8 Å². The van der Waals surface area contributed by atoms with E-state index in [0.717, 1.165) is 36.6 Å². The highest BCUT2D eigenvalue weighted by atomic mass is 32.2. The van der Waals surface area contributed by atoms with Crippen molar-refractivity contribution in [3.8, 4) is 0 Å². The van der Waals surface area contributed by atoms with Gasteiger partial charge in [0.2, 0.25) is 11.8 Å². The first-order valence-electron chi connectivity index (χ1n) is 10.0. The van der Waals surface area contributed by atoms with E-state index >= 15 is 0 Å². The molecule has 0 radical (unpaired) electrons. The number of carbonyl (C=O) groups excluding carboxylic acids is 2. The molecular formula is C23H31N3O2S. The number of nitrogens with zero attached hydrogens (tertiary/aromatic N) is 1. The van der Waals surface area contributed by atoms with Crippen molar-refractivity contribution in [2.75, 3.05) is 29.5 Å². The largest absolute Gasteiger partial charge is 0.325 e. The van der Waals surface area contributed by atoms with Gasteiger partial charge in [0.05, 0.1) is 11.0 Å². The fourth-order valence-electron chi connectivity index (χ4n) is 2.81. The summed E-state index contributed by atoms with van der Waals surface area (Å²) in [6, 6.07) is 15.6. The predicted octanol–water partition coefficient (Wildman–Crippen LogP) is 4.54. The Labute approximate surface area is 178 Å². The van der Waals surface area contributed by atoms with Crippen LogP contribution in [0.1, 0.15) is 31.9 Å². The Morgan fingerprint density at radius 3 is 2.34 bits per heavy atom. The van der Waals surface area contributed by atoms with Gasteiger partial charge in [-0.1, -0.05) is 43.7 Å². The molecule has 6 heteroatoms. The first-order valence-corrected chi connectivity index (χ1v) is 11.1. The molecule has 1 unspecified atom stereocenters. The number of aryl methyl sites for hydroxylation is 1. The van der Waals surface area contributed by atoms with Gasteiger partial charge in [-0.3, -0.25) is 14.5 Å². The molecule has 0 aliphatic carbocycles. The number of amides is 2. The summed E-state index contributed by atoms with van der Waals surface area (Å²) in [7, 11) is 0. The number of carbonyl (C=O) groups is 2. The van der Waals surface area contributed by atoms with Crippen LogP contribution in [0.5, 0.6) is 0 Å². The Balaban J connectivity index is 1.82. The van der Waals surface area contributed by atoms with Gasteiger partial charge in [-0.25, -0.2) is 0 Å². The number of hydrogen-bond acceptors (Lipinski definition) is 4. The summed E-state index contributed by atoms with van der Waals surface area (Å²) in [5, 5.41) is 5.49. The maximum atomic E-state index is 12.5. The number of thioether (sulfide) groups is 1. The van der Waals surface area contributed by atoms with Crippen molar-refractivity contribution in [1.82, 2.24) is 4.90 Å². The molecule has 2 rings (SSSR count). The summed E-state index contributed by atoms with van der Waals surface area (Å²) >= 11 is 1.32. The predicted molar refractivity (Wildman–Crippen MR) is 123 cm³/mol. The van der Waals surface area contributed by atoms with Gasteiger partial charge in [0.1, 0.15) is 0 Å². The van der Waals surface area contributed by atoms with Crippen LogP contribution in [0, 0.1) is 6.92 Å². The monoisotopic (exact) mass is 413 g/mol. The van der Waals surface area contributed by atoms with E-state index in [9.17, 15) is 9.59 Å². The molecule has 0 fully saturated rings. The molecule has 1 atom stereocenters. The van der Waals surface area contributed by atoms with Crippen molar-refractivity contribution in [3.63, 3.8) is 0 Å². The van der Waals surface area contributed by atoms with E-state index in [1.54, 1.807) is 0 Å². The van der Waals surface area contributed by atoms with Gasteiger partial charge in [0, 0.05) is 17.9 Å². The van der Waals surface area contributed by atoms with E-state index in [0.29, 0.717) is 0 Å². The lowest BCUT2D eigenvalue weighted by Crippen LogP contribution is -2.25. The Hall–Kier alpha value is -2.31. The SMILES string of the molecule is CCN(CC)Cc1cccc(NC(=O)C(C)SCC(=O)Nc2ccc(C)cc2)c1. The molecule has 0 bridgehead atoms. The van der Waals surface area contributed by atoms with Crippen LogP contribution in [0.15, 0.2) is 48.5 Å². The maximum absolute atomic E-state index is 12.5. The Morgan fingerprint density at radius 2 is 1.69 bits per heavy atom. The Bertz CT molecular complexity index is 804. The molecule has 0 saturated heterocycles. The van der Waals surface area contributed by atoms with Crippen molar-refractivity contribution >= 4 is 35.0 Å². The normalized spacial score (nSPS) is 11.9. The molecule has 0 aromatic heterocycles. The number of hydrogen-bond donors (Lipinski definition) is 2. The second-order valence-corrected chi connectivity index (χ2v) is 8.35. The van der Waals surface area contributed by atoms with E-state index in [4.69, 9.17) is 0 Å². The molecule has 0 spiro atoms. The van der Waals surface area contributed by atoms with Crippen LogP contribution in [0.2, 0.25) is 0 Å². The zero-order valence-electron chi connectivity index (χ0n) is 17.7. The van der Waals surface area contributed by atoms with Crippen molar-refractivity contribution < 1.29 is 9.59 Å². The summed E-state index contributed by atoms with van der Waals surface area (Å²) in [6.45, 7) is 10.9. The highest BCUT2D eigenvalue weighted by Gasteiger charge is 2.16. The van der Waals surface area contributed by atoms with E-state index in [2.05, 4.69) is 35.4 Å². The lowest BCUT2D eigenvalue weighted by Gasteiger charge is -2.18. The van der Waals surface area contributed by atoms with Crippen LogP contribution in [-0.2, 0) is 16.1 Å². The molecular weight excluding hydrogens is 382 g/mol. The molecule has 0 aliphatic heterocycles. The van der Waals surface area contributed by atoms with E-state index < -0.39 is 0 Å². The summed E-state index contributed by atoms with van der Waals surface area (Å²) in [5.41, 5.74) is 3.87. The average Bonchev–Trinajstić information content (AvgIpc) is 2.72. The smallest absolute Gasteiger partial charge is 0.237 e. The average molecular weight is 414 g/mol. The molecule has 2 aromatic carbocycles. The summed E-state index contributed by atoms with van der Waals surface area (Å²) in [5.74, 6) is 0.0163. The minimum Gasteiger partial charge on any atom is -0.325 e. The Kier molecular flexibility index (Phi) is 9.22. The molecule has 0 aliphatic rings. The molecule has 2 N–H and O–H groups in total. The first kappa shape index (κ1) is 23.0. The number of anilines is 2. The van der Waals surface area contributed by atoms with Gasteiger partial charge in [0.25, 0.3) is 0 Å². The van der Waals surface area contributed by atoms with Crippen LogP contribution < -0.4 is 10.6 Å². The third kappa shape index (κ3) is 7.91. The molecule has 2 amide bonds. The minimum absolute atomic E-state index is 0.0990. The zero-order valence-corrected chi connectivity index (χ0v) is 18.5. The molecule has 156 valence electrons. The van der Waals surface area contributed by atoms with Crippen molar-refractivity contribution in [1.29, 1.82) is 0 Å². The van der Waals surface area contributed by atoms with Gasteiger partial charge >= 0.3 is 0 Å². The molecule has 29 heavy (non-hydrogen) atoms. The number of rotatable bonds is 10.